The van der Waals surface area contributed by atoms with Crippen molar-refractivity contribution in [2.45, 2.75) is 51.4 Å². The van der Waals surface area contributed by atoms with E-state index in [0.717, 1.165) is 24.5 Å². The average molecular weight is 230 g/mol. The minimum atomic E-state index is 0.653. The molecule has 92 valence electrons. The van der Waals surface area contributed by atoms with Gasteiger partial charge in [0.2, 0.25) is 0 Å². The molecule has 1 heteroatoms. The van der Waals surface area contributed by atoms with Gasteiger partial charge in [0.05, 0.1) is 0 Å². The first-order valence-electron chi connectivity index (χ1n) is 6.82. The summed E-state index contributed by atoms with van der Waals surface area (Å²) < 4.78 is 0. The molecule has 0 amide bonds. The van der Waals surface area contributed by atoms with Crippen molar-refractivity contribution in [2.75, 3.05) is 0 Å². The highest BCUT2D eigenvalue weighted by atomic mass is 16.1. The van der Waals surface area contributed by atoms with Crippen molar-refractivity contribution in [3.63, 3.8) is 0 Å². The van der Waals surface area contributed by atoms with Gasteiger partial charge in [0.25, 0.3) is 0 Å². The van der Waals surface area contributed by atoms with Gasteiger partial charge in [-0.25, -0.2) is 0 Å². The van der Waals surface area contributed by atoms with E-state index in [0.29, 0.717) is 6.42 Å². The molecular weight excluding hydrogens is 208 g/mol. The molecule has 0 aliphatic heterocycles. The van der Waals surface area contributed by atoms with E-state index < -0.39 is 0 Å². The number of carbonyl (C=O) groups excluding carboxylic acids is 1. The quantitative estimate of drug-likeness (QED) is 0.711. The van der Waals surface area contributed by atoms with Crippen LogP contribution in [-0.4, -0.2) is 6.29 Å². The highest BCUT2D eigenvalue weighted by molar-refractivity contribution is 5.50. The van der Waals surface area contributed by atoms with Crippen molar-refractivity contribution in [3.8, 4) is 0 Å². The topological polar surface area (TPSA) is 17.1 Å². The number of benzene rings is 1. The van der Waals surface area contributed by atoms with Crippen LogP contribution in [0.15, 0.2) is 24.3 Å². The van der Waals surface area contributed by atoms with Gasteiger partial charge in [-0.3, -0.25) is 0 Å². The fourth-order valence-corrected chi connectivity index (χ4v) is 2.95. The van der Waals surface area contributed by atoms with Crippen LogP contribution in [0.3, 0.4) is 0 Å². The minimum absolute atomic E-state index is 0.653. The molecule has 1 aliphatic carbocycles. The second kappa shape index (κ2) is 6.00. The zero-order valence-corrected chi connectivity index (χ0v) is 10.7. The van der Waals surface area contributed by atoms with Crippen LogP contribution in [0, 0.1) is 5.92 Å². The SMILES string of the molecule is CC1CCC(c2ccccc2CCC=O)CC1. The minimum Gasteiger partial charge on any atom is -0.303 e. The standard InChI is InChI=1S/C16H22O/c1-13-8-10-15(11-9-13)16-7-3-2-5-14(16)6-4-12-17/h2-3,5,7,12-13,15H,4,6,8-11H2,1H3. The Labute approximate surface area is 104 Å². The third kappa shape index (κ3) is 3.18. The summed E-state index contributed by atoms with van der Waals surface area (Å²) in [4.78, 5) is 10.5. The van der Waals surface area contributed by atoms with E-state index >= 15 is 0 Å². The first kappa shape index (κ1) is 12.3. The van der Waals surface area contributed by atoms with E-state index in [1.807, 2.05) is 0 Å². The summed E-state index contributed by atoms with van der Waals surface area (Å²) in [5.41, 5.74) is 2.89. The predicted octanol–water partition coefficient (Wildman–Crippen LogP) is 4.11. The predicted molar refractivity (Wildman–Crippen MR) is 71.2 cm³/mol. The van der Waals surface area contributed by atoms with E-state index in [1.165, 1.54) is 36.8 Å². The van der Waals surface area contributed by atoms with Gasteiger partial charge in [0, 0.05) is 6.42 Å². The highest BCUT2D eigenvalue weighted by Crippen LogP contribution is 2.37. The summed E-state index contributed by atoms with van der Waals surface area (Å²) in [6.45, 7) is 2.36. The van der Waals surface area contributed by atoms with Crippen LogP contribution in [0.5, 0.6) is 0 Å². The van der Waals surface area contributed by atoms with Gasteiger partial charge in [-0.2, -0.15) is 0 Å². The molecule has 0 atom stereocenters. The van der Waals surface area contributed by atoms with Crippen LogP contribution in [0.25, 0.3) is 0 Å². The highest BCUT2D eigenvalue weighted by Gasteiger charge is 2.21. The lowest BCUT2D eigenvalue weighted by Crippen LogP contribution is -2.12. The molecule has 1 aliphatic rings. The van der Waals surface area contributed by atoms with Crippen molar-refractivity contribution in [1.29, 1.82) is 0 Å². The van der Waals surface area contributed by atoms with Gasteiger partial charge < -0.3 is 4.79 Å². The number of rotatable bonds is 4. The molecule has 0 spiro atoms. The van der Waals surface area contributed by atoms with Gasteiger partial charge in [0.15, 0.2) is 0 Å². The lowest BCUT2D eigenvalue weighted by atomic mass is 9.78. The Morgan fingerprint density at radius 3 is 2.59 bits per heavy atom. The molecule has 1 saturated carbocycles. The van der Waals surface area contributed by atoms with Crippen molar-refractivity contribution in [3.05, 3.63) is 35.4 Å². The molecule has 0 bridgehead atoms. The average Bonchev–Trinajstić information content (AvgIpc) is 2.38. The van der Waals surface area contributed by atoms with E-state index in [2.05, 4.69) is 31.2 Å². The summed E-state index contributed by atoms with van der Waals surface area (Å²) >= 11 is 0. The Kier molecular flexibility index (Phi) is 4.36. The monoisotopic (exact) mass is 230 g/mol. The van der Waals surface area contributed by atoms with Crippen LogP contribution in [-0.2, 0) is 11.2 Å². The lowest BCUT2D eigenvalue weighted by molar-refractivity contribution is -0.107. The van der Waals surface area contributed by atoms with Crippen molar-refractivity contribution in [2.24, 2.45) is 5.92 Å². The van der Waals surface area contributed by atoms with Crippen LogP contribution in [0.4, 0.5) is 0 Å². The van der Waals surface area contributed by atoms with Gasteiger partial charge in [-0.15, -0.1) is 0 Å². The molecule has 0 saturated heterocycles. The lowest BCUT2D eigenvalue weighted by Gasteiger charge is -2.28. The number of aryl methyl sites for hydroxylation is 1. The molecule has 1 nitrogen and oxygen atoms in total. The van der Waals surface area contributed by atoms with Crippen molar-refractivity contribution in [1.82, 2.24) is 0 Å². The van der Waals surface area contributed by atoms with Crippen LogP contribution in [0.1, 0.15) is 56.1 Å². The molecular formula is C16H22O. The first-order valence-corrected chi connectivity index (χ1v) is 6.82. The molecule has 1 fully saturated rings. The summed E-state index contributed by atoms with van der Waals surface area (Å²) in [7, 11) is 0. The summed E-state index contributed by atoms with van der Waals surface area (Å²) in [6.07, 6.45) is 7.93. The molecule has 1 aromatic carbocycles. The van der Waals surface area contributed by atoms with E-state index in [4.69, 9.17) is 0 Å². The Bertz CT molecular complexity index is 362. The smallest absolute Gasteiger partial charge is 0.120 e. The Balaban J connectivity index is 2.10. The van der Waals surface area contributed by atoms with Crippen LogP contribution < -0.4 is 0 Å². The number of hydrogen-bond acceptors (Lipinski definition) is 1. The van der Waals surface area contributed by atoms with Gasteiger partial charge in [-0.05, 0) is 42.2 Å². The van der Waals surface area contributed by atoms with Gasteiger partial charge in [0.1, 0.15) is 6.29 Å². The van der Waals surface area contributed by atoms with Gasteiger partial charge >= 0.3 is 0 Å². The largest absolute Gasteiger partial charge is 0.303 e. The van der Waals surface area contributed by atoms with Crippen LogP contribution in [0.2, 0.25) is 0 Å². The zero-order valence-electron chi connectivity index (χ0n) is 10.7. The normalized spacial score (nSPS) is 24.5. The third-order valence-electron chi connectivity index (χ3n) is 4.04. The Hall–Kier alpha value is -1.11. The van der Waals surface area contributed by atoms with Crippen molar-refractivity contribution >= 4 is 6.29 Å². The van der Waals surface area contributed by atoms with E-state index in [-0.39, 0.29) is 0 Å². The maximum absolute atomic E-state index is 10.5. The molecule has 2 rings (SSSR count). The molecule has 0 radical (unpaired) electrons. The Morgan fingerprint density at radius 2 is 1.88 bits per heavy atom. The molecule has 17 heavy (non-hydrogen) atoms. The second-order valence-electron chi connectivity index (χ2n) is 5.36. The van der Waals surface area contributed by atoms with E-state index in [9.17, 15) is 4.79 Å². The number of hydrogen-bond donors (Lipinski definition) is 0. The van der Waals surface area contributed by atoms with Crippen LogP contribution >= 0.6 is 0 Å². The first-order chi connectivity index (χ1) is 8.31. The maximum Gasteiger partial charge on any atom is 0.120 e. The molecule has 0 N–H and O–H groups in total. The second-order valence-corrected chi connectivity index (χ2v) is 5.36. The van der Waals surface area contributed by atoms with Crippen molar-refractivity contribution < 1.29 is 4.79 Å². The fourth-order valence-electron chi connectivity index (χ4n) is 2.95. The number of carbonyl (C=O) groups is 1. The zero-order chi connectivity index (χ0) is 12.1. The Morgan fingerprint density at radius 1 is 1.18 bits per heavy atom. The van der Waals surface area contributed by atoms with E-state index in [1.54, 1.807) is 0 Å². The third-order valence-corrected chi connectivity index (χ3v) is 4.04. The fraction of sp³-hybridized carbons (Fsp3) is 0.562. The molecule has 0 aromatic heterocycles. The maximum atomic E-state index is 10.5. The molecule has 0 heterocycles. The summed E-state index contributed by atoms with van der Waals surface area (Å²) in [6, 6.07) is 8.69. The van der Waals surface area contributed by atoms with Gasteiger partial charge in [-0.1, -0.05) is 44.0 Å². The molecule has 1 aromatic rings. The number of aldehydes is 1. The summed E-state index contributed by atoms with van der Waals surface area (Å²) in [5, 5.41) is 0. The summed E-state index contributed by atoms with van der Waals surface area (Å²) in [5.74, 6) is 1.63. The molecule has 0 unspecified atom stereocenters.